The fourth-order valence-corrected chi connectivity index (χ4v) is 3.34. The summed E-state index contributed by atoms with van der Waals surface area (Å²) in [5.41, 5.74) is 1.69. The first kappa shape index (κ1) is 13.6. The number of aromatic carboxylic acids is 1. The molecule has 6 heteroatoms. The molecule has 0 unspecified atom stereocenters. The number of benzene rings is 1. The third-order valence-electron chi connectivity index (χ3n) is 3.39. The number of carbonyl (C=O) groups is 2. The monoisotopic (exact) mass is 302 g/mol. The van der Waals surface area contributed by atoms with Gasteiger partial charge in [0.05, 0.1) is 0 Å². The molecule has 0 bridgehead atoms. The minimum Gasteiger partial charge on any atom is -0.477 e. The molecule has 3 rings (SSSR count). The first-order chi connectivity index (χ1) is 10.1. The lowest BCUT2D eigenvalue weighted by Crippen LogP contribution is -2.38. The van der Waals surface area contributed by atoms with Crippen LogP contribution in [0.2, 0.25) is 0 Å². The zero-order valence-corrected chi connectivity index (χ0v) is 12.0. The van der Waals surface area contributed by atoms with Crippen LogP contribution in [-0.2, 0) is 13.0 Å². The molecule has 21 heavy (non-hydrogen) atoms. The quantitative estimate of drug-likeness (QED) is 0.896. The summed E-state index contributed by atoms with van der Waals surface area (Å²) in [6.07, 6.45) is 0.704. The minimum absolute atomic E-state index is 0.157. The van der Waals surface area contributed by atoms with Crippen molar-refractivity contribution in [1.82, 2.24) is 4.90 Å². The van der Waals surface area contributed by atoms with Crippen molar-refractivity contribution in [3.05, 3.63) is 51.7 Å². The minimum atomic E-state index is -0.908. The number of hydrogen-bond donors (Lipinski definition) is 2. The molecular formula is C15H14N2O3S. The van der Waals surface area contributed by atoms with E-state index in [1.807, 2.05) is 30.3 Å². The first-order valence-corrected chi connectivity index (χ1v) is 7.41. The standard InChI is InChI=1S/C15H14N2O3S/c18-14(19)13-8-10-9-17(7-6-12(10)21-13)15(20)16-11-4-2-1-3-5-11/h1-5,8H,6-7,9H2,(H,16,20)(H,18,19). The van der Waals surface area contributed by atoms with E-state index in [-0.39, 0.29) is 6.03 Å². The van der Waals surface area contributed by atoms with Crippen molar-refractivity contribution in [3.8, 4) is 0 Å². The maximum absolute atomic E-state index is 12.2. The van der Waals surface area contributed by atoms with Gasteiger partial charge in [-0.1, -0.05) is 18.2 Å². The number of thiophene rings is 1. The third-order valence-corrected chi connectivity index (χ3v) is 4.61. The molecule has 108 valence electrons. The van der Waals surface area contributed by atoms with Crippen molar-refractivity contribution in [3.63, 3.8) is 0 Å². The predicted octanol–water partition coefficient (Wildman–Crippen LogP) is 3.04. The number of carboxylic acids is 1. The lowest BCUT2D eigenvalue weighted by Gasteiger charge is -2.27. The lowest BCUT2D eigenvalue weighted by molar-refractivity contribution is 0.0702. The van der Waals surface area contributed by atoms with Gasteiger partial charge in [-0.25, -0.2) is 9.59 Å². The van der Waals surface area contributed by atoms with Gasteiger partial charge in [0.15, 0.2) is 0 Å². The molecule has 1 aliphatic heterocycles. The number of urea groups is 1. The van der Waals surface area contributed by atoms with E-state index < -0.39 is 5.97 Å². The predicted molar refractivity (Wildman–Crippen MR) is 80.9 cm³/mol. The number of rotatable bonds is 2. The summed E-state index contributed by atoms with van der Waals surface area (Å²) in [4.78, 5) is 26.3. The largest absolute Gasteiger partial charge is 0.477 e. The highest BCUT2D eigenvalue weighted by Crippen LogP contribution is 2.28. The molecular weight excluding hydrogens is 288 g/mol. The van der Waals surface area contributed by atoms with E-state index in [9.17, 15) is 9.59 Å². The van der Waals surface area contributed by atoms with E-state index in [1.54, 1.807) is 11.0 Å². The van der Waals surface area contributed by atoms with Gasteiger partial charge in [-0.2, -0.15) is 0 Å². The maximum Gasteiger partial charge on any atom is 0.345 e. The van der Waals surface area contributed by atoms with Crippen LogP contribution in [-0.4, -0.2) is 28.6 Å². The third kappa shape index (κ3) is 2.90. The zero-order valence-electron chi connectivity index (χ0n) is 11.2. The van der Waals surface area contributed by atoms with Crippen LogP contribution in [0.25, 0.3) is 0 Å². The number of carbonyl (C=O) groups excluding carboxylic acids is 1. The number of hydrogen-bond acceptors (Lipinski definition) is 3. The Kier molecular flexibility index (Phi) is 3.62. The van der Waals surface area contributed by atoms with Gasteiger partial charge in [0.2, 0.25) is 0 Å². The van der Waals surface area contributed by atoms with Crippen LogP contribution in [0.1, 0.15) is 20.1 Å². The molecule has 1 aromatic heterocycles. The summed E-state index contributed by atoms with van der Waals surface area (Å²) in [5, 5.41) is 11.9. The summed E-state index contributed by atoms with van der Waals surface area (Å²) in [7, 11) is 0. The highest BCUT2D eigenvalue weighted by Gasteiger charge is 2.24. The van der Waals surface area contributed by atoms with E-state index >= 15 is 0 Å². The number of anilines is 1. The fraction of sp³-hybridized carbons (Fsp3) is 0.200. The summed E-state index contributed by atoms with van der Waals surface area (Å²) in [6.45, 7) is 1.06. The van der Waals surface area contributed by atoms with E-state index in [2.05, 4.69) is 5.32 Å². The second-order valence-corrected chi connectivity index (χ2v) is 5.97. The zero-order chi connectivity index (χ0) is 14.8. The van der Waals surface area contributed by atoms with Crippen LogP contribution < -0.4 is 5.32 Å². The van der Waals surface area contributed by atoms with Crippen molar-refractivity contribution >= 4 is 29.0 Å². The van der Waals surface area contributed by atoms with Crippen molar-refractivity contribution in [2.24, 2.45) is 0 Å². The van der Waals surface area contributed by atoms with E-state index in [0.717, 1.165) is 16.1 Å². The maximum atomic E-state index is 12.2. The SMILES string of the molecule is O=C(O)c1cc2c(s1)CCN(C(=O)Nc1ccccc1)C2. The van der Waals surface area contributed by atoms with Gasteiger partial charge in [0, 0.05) is 23.7 Å². The molecule has 0 saturated heterocycles. The average molecular weight is 302 g/mol. The van der Waals surface area contributed by atoms with Gasteiger partial charge < -0.3 is 15.3 Å². The van der Waals surface area contributed by atoms with Crippen molar-refractivity contribution in [2.45, 2.75) is 13.0 Å². The molecule has 0 spiro atoms. The molecule has 1 aromatic carbocycles. The highest BCUT2D eigenvalue weighted by molar-refractivity contribution is 7.14. The number of fused-ring (bicyclic) bond motifs is 1. The Morgan fingerprint density at radius 2 is 2.00 bits per heavy atom. The molecule has 0 atom stereocenters. The van der Waals surface area contributed by atoms with Gasteiger partial charge in [-0.3, -0.25) is 0 Å². The number of nitrogens with one attached hydrogen (secondary N) is 1. The molecule has 0 radical (unpaired) electrons. The van der Waals surface area contributed by atoms with Gasteiger partial charge >= 0.3 is 12.0 Å². The fourth-order valence-electron chi connectivity index (χ4n) is 2.34. The number of amides is 2. The second kappa shape index (κ2) is 5.57. The topological polar surface area (TPSA) is 69.6 Å². The molecule has 5 nitrogen and oxygen atoms in total. The molecule has 0 fully saturated rings. The Bertz CT molecular complexity index is 681. The van der Waals surface area contributed by atoms with Crippen molar-refractivity contribution in [2.75, 3.05) is 11.9 Å². The number of para-hydroxylation sites is 1. The highest BCUT2D eigenvalue weighted by atomic mass is 32.1. The van der Waals surface area contributed by atoms with Crippen molar-refractivity contribution in [1.29, 1.82) is 0 Å². The van der Waals surface area contributed by atoms with Crippen molar-refractivity contribution < 1.29 is 14.7 Å². The molecule has 2 heterocycles. The van der Waals surface area contributed by atoms with E-state index in [0.29, 0.717) is 24.4 Å². The summed E-state index contributed by atoms with van der Waals surface area (Å²) < 4.78 is 0. The average Bonchev–Trinajstić information content (AvgIpc) is 2.91. The van der Waals surface area contributed by atoms with Gasteiger partial charge in [-0.05, 0) is 30.2 Å². The summed E-state index contributed by atoms with van der Waals surface area (Å²) >= 11 is 1.30. The van der Waals surface area contributed by atoms with Gasteiger partial charge in [0.1, 0.15) is 4.88 Å². The molecule has 0 saturated carbocycles. The van der Waals surface area contributed by atoms with E-state index in [4.69, 9.17) is 5.11 Å². The first-order valence-electron chi connectivity index (χ1n) is 6.59. The van der Waals surface area contributed by atoms with Crippen LogP contribution in [0.3, 0.4) is 0 Å². The molecule has 2 N–H and O–H groups in total. The Morgan fingerprint density at radius 1 is 1.24 bits per heavy atom. The Hall–Kier alpha value is -2.34. The van der Waals surface area contributed by atoms with Crippen LogP contribution in [0.15, 0.2) is 36.4 Å². The molecule has 2 aromatic rings. The molecule has 1 aliphatic rings. The second-order valence-electron chi connectivity index (χ2n) is 4.83. The number of nitrogens with zero attached hydrogens (tertiary/aromatic N) is 1. The van der Waals surface area contributed by atoms with E-state index in [1.165, 1.54) is 11.3 Å². The van der Waals surface area contributed by atoms with Crippen LogP contribution in [0, 0.1) is 0 Å². The van der Waals surface area contributed by atoms with Crippen LogP contribution in [0.5, 0.6) is 0 Å². The van der Waals surface area contributed by atoms with Crippen LogP contribution >= 0.6 is 11.3 Å². The Balaban J connectivity index is 1.71. The smallest absolute Gasteiger partial charge is 0.345 e. The molecule has 2 amide bonds. The summed E-state index contributed by atoms with van der Waals surface area (Å²) in [6, 6.07) is 10.8. The lowest BCUT2D eigenvalue weighted by atomic mass is 10.1. The van der Waals surface area contributed by atoms with Gasteiger partial charge in [-0.15, -0.1) is 11.3 Å². The Morgan fingerprint density at radius 3 is 2.71 bits per heavy atom. The summed E-state index contributed by atoms with van der Waals surface area (Å²) in [5.74, 6) is -0.908. The number of carboxylic acid groups (broad SMARTS) is 1. The van der Waals surface area contributed by atoms with Gasteiger partial charge in [0.25, 0.3) is 0 Å². The normalized spacial score (nSPS) is 13.6. The molecule has 0 aliphatic carbocycles. The van der Waals surface area contributed by atoms with Crippen LogP contribution in [0.4, 0.5) is 10.5 Å². The Labute approximate surface area is 125 Å².